The van der Waals surface area contributed by atoms with Gasteiger partial charge in [-0.25, -0.2) is 0 Å². The molecule has 0 fully saturated rings. The number of methoxy groups -OCH3 is 1. The lowest BCUT2D eigenvalue weighted by Gasteiger charge is -2.28. The fraction of sp³-hybridized carbons (Fsp3) is 0.562. The van der Waals surface area contributed by atoms with Crippen molar-refractivity contribution in [3.8, 4) is 0 Å². The number of carbonyl (C=O) groups excluding carboxylic acids is 1. The highest BCUT2D eigenvalue weighted by Crippen LogP contribution is 2.31. The van der Waals surface area contributed by atoms with Crippen molar-refractivity contribution in [1.82, 2.24) is 0 Å². The number of aliphatic hydroxyl groups is 2. The van der Waals surface area contributed by atoms with Crippen LogP contribution in [0.1, 0.15) is 37.3 Å². The van der Waals surface area contributed by atoms with Crippen LogP contribution in [0.3, 0.4) is 0 Å². The van der Waals surface area contributed by atoms with E-state index in [0.29, 0.717) is 19.3 Å². The normalized spacial score (nSPS) is 15.4. The van der Waals surface area contributed by atoms with Gasteiger partial charge in [-0.3, -0.25) is 4.79 Å². The second kappa shape index (κ2) is 7.41. The molecule has 1 aromatic carbocycles. The molecule has 112 valence electrons. The Hall–Kier alpha value is -1.39. The molecule has 0 saturated carbocycles. The van der Waals surface area contributed by atoms with Crippen LogP contribution in [0.5, 0.6) is 0 Å². The lowest BCUT2D eigenvalue weighted by Crippen LogP contribution is -2.34. The molecule has 4 nitrogen and oxygen atoms in total. The van der Waals surface area contributed by atoms with E-state index in [9.17, 15) is 9.90 Å². The van der Waals surface area contributed by atoms with Crippen molar-refractivity contribution in [2.75, 3.05) is 13.7 Å². The minimum absolute atomic E-state index is 0.251. The van der Waals surface area contributed by atoms with Crippen molar-refractivity contribution in [3.63, 3.8) is 0 Å². The standard InChI is InChI=1S/C16H24O4/c1-12-6-4-7-13(10-12)16(2,15(19)20-3)9-5-8-14(18)11-17/h4,6-7,10,14,17-18H,5,8-9,11H2,1-3H3. The van der Waals surface area contributed by atoms with Crippen LogP contribution in [0.2, 0.25) is 0 Å². The van der Waals surface area contributed by atoms with Gasteiger partial charge in [0, 0.05) is 0 Å². The molecule has 0 radical (unpaired) electrons. The topological polar surface area (TPSA) is 66.8 Å². The van der Waals surface area contributed by atoms with Crippen LogP contribution in [0.15, 0.2) is 24.3 Å². The molecule has 20 heavy (non-hydrogen) atoms. The highest BCUT2D eigenvalue weighted by Gasteiger charge is 2.36. The Morgan fingerprint density at radius 1 is 1.45 bits per heavy atom. The highest BCUT2D eigenvalue weighted by atomic mass is 16.5. The van der Waals surface area contributed by atoms with E-state index in [1.165, 1.54) is 7.11 Å². The Labute approximate surface area is 120 Å². The van der Waals surface area contributed by atoms with E-state index in [2.05, 4.69) is 0 Å². The summed E-state index contributed by atoms with van der Waals surface area (Å²) in [5.74, 6) is -0.276. The van der Waals surface area contributed by atoms with Crippen molar-refractivity contribution in [3.05, 3.63) is 35.4 Å². The average Bonchev–Trinajstić information content (AvgIpc) is 2.45. The van der Waals surface area contributed by atoms with Gasteiger partial charge in [-0.05, 0) is 38.7 Å². The molecule has 0 amide bonds. The summed E-state index contributed by atoms with van der Waals surface area (Å²) in [6.45, 7) is 3.59. The van der Waals surface area contributed by atoms with E-state index in [4.69, 9.17) is 9.84 Å². The van der Waals surface area contributed by atoms with Gasteiger partial charge < -0.3 is 14.9 Å². The van der Waals surface area contributed by atoms with E-state index in [-0.39, 0.29) is 12.6 Å². The summed E-state index contributed by atoms with van der Waals surface area (Å²) < 4.78 is 4.94. The number of carbonyl (C=O) groups is 1. The number of rotatable bonds is 7. The van der Waals surface area contributed by atoms with Crippen molar-refractivity contribution in [2.24, 2.45) is 0 Å². The molecule has 2 unspecified atom stereocenters. The van der Waals surface area contributed by atoms with Gasteiger partial charge in [-0.15, -0.1) is 0 Å². The third kappa shape index (κ3) is 4.05. The number of hydrogen-bond acceptors (Lipinski definition) is 4. The zero-order valence-corrected chi connectivity index (χ0v) is 12.4. The molecule has 2 atom stereocenters. The van der Waals surface area contributed by atoms with Gasteiger partial charge >= 0.3 is 5.97 Å². The van der Waals surface area contributed by atoms with Crippen LogP contribution in [0.4, 0.5) is 0 Å². The summed E-state index contributed by atoms with van der Waals surface area (Å²) in [6, 6.07) is 7.82. The van der Waals surface area contributed by atoms with Crippen LogP contribution in [-0.4, -0.2) is 36.0 Å². The van der Waals surface area contributed by atoms with Gasteiger partial charge in [0.15, 0.2) is 0 Å². The maximum atomic E-state index is 12.2. The number of esters is 1. The Kier molecular flexibility index (Phi) is 6.17. The monoisotopic (exact) mass is 280 g/mol. The molecule has 0 aliphatic rings. The first kappa shape index (κ1) is 16.7. The fourth-order valence-electron chi connectivity index (χ4n) is 2.36. The molecule has 1 aromatic rings. The zero-order valence-electron chi connectivity index (χ0n) is 12.4. The largest absolute Gasteiger partial charge is 0.468 e. The number of benzene rings is 1. The van der Waals surface area contributed by atoms with Crippen molar-refractivity contribution in [2.45, 2.75) is 44.6 Å². The van der Waals surface area contributed by atoms with Crippen LogP contribution >= 0.6 is 0 Å². The summed E-state index contributed by atoms with van der Waals surface area (Å²) in [5.41, 5.74) is 1.28. The summed E-state index contributed by atoms with van der Waals surface area (Å²) in [5, 5.41) is 18.2. The summed E-state index contributed by atoms with van der Waals surface area (Å²) in [7, 11) is 1.39. The van der Waals surface area contributed by atoms with Crippen molar-refractivity contribution in [1.29, 1.82) is 0 Å². The number of aliphatic hydroxyl groups excluding tert-OH is 2. The molecular formula is C16H24O4. The van der Waals surface area contributed by atoms with E-state index >= 15 is 0 Å². The van der Waals surface area contributed by atoms with Gasteiger partial charge in [-0.2, -0.15) is 0 Å². The molecular weight excluding hydrogens is 256 g/mol. The third-order valence-corrected chi connectivity index (χ3v) is 3.72. The Balaban J connectivity index is 2.90. The van der Waals surface area contributed by atoms with E-state index in [1.807, 2.05) is 38.1 Å². The highest BCUT2D eigenvalue weighted by molar-refractivity contribution is 5.82. The van der Waals surface area contributed by atoms with Gasteiger partial charge in [0.25, 0.3) is 0 Å². The molecule has 0 aliphatic heterocycles. The Morgan fingerprint density at radius 2 is 2.15 bits per heavy atom. The predicted molar refractivity (Wildman–Crippen MR) is 77.5 cm³/mol. The number of hydrogen-bond donors (Lipinski definition) is 2. The fourth-order valence-corrected chi connectivity index (χ4v) is 2.36. The van der Waals surface area contributed by atoms with Crippen LogP contribution in [-0.2, 0) is 14.9 Å². The lowest BCUT2D eigenvalue weighted by molar-refractivity contribution is -0.147. The first-order valence-corrected chi connectivity index (χ1v) is 6.88. The second-order valence-corrected chi connectivity index (χ2v) is 5.42. The van der Waals surface area contributed by atoms with E-state index in [0.717, 1.165) is 11.1 Å². The Bertz CT molecular complexity index is 444. The van der Waals surface area contributed by atoms with Gasteiger partial charge in [0.2, 0.25) is 0 Å². The Morgan fingerprint density at radius 3 is 2.70 bits per heavy atom. The molecule has 0 spiro atoms. The molecule has 0 bridgehead atoms. The minimum Gasteiger partial charge on any atom is -0.468 e. The average molecular weight is 280 g/mol. The first-order valence-electron chi connectivity index (χ1n) is 6.88. The van der Waals surface area contributed by atoms with Crippen LogP contribution < -0.4 is 0 Å². The molecule has 2 N–H and O–H groups in total. The maximum Gasteiger partial charge on any atom is 0.315 e. The second-order valence-electron chi connectivity index (χ2n) is 5.42. The van der Waals surface area contributed by atoms with E-state index in [1.54, 1.807) is 0 Å². The van der Waals surface area contributed by atoms with Gasteiger partial charge in [0.05, 0.1) is 25.2 Å². The number of ether oxygens (including phenoxy) is 1. The minimum atomic E-state index is -0.727. The first-order chi connectivity index (χ1) is 9.43. The lowest BCUT2D eigenvalue weighted by atomic mass is 9.77. The summed E-state index contributed by atoms with van der Waals surface area (Å²) >= 11 is 0. The zero-order chi connectivity index (χ0) is 15.2. The predicted octanol–water partition coefficient (Wildman–Crippen LogP) is 1.95. The van der Waals surface area contributed by atoms with Crippen LogP contribution in [0, 0.1) is 6.92 Å². The summed E-state index contributed by atoms with van der Waals surface area (Å²) in [6.07, 6.45) is 0.950. The third-order valence-electron chi connectivity index (χ3n) is 3.72. The molecule has 0 saturated heterocycles. The van der Waals surface area contributed by atoms with Gasteiger partial charge in [0.1, 0.15) is 0 Å². The van der Waals surface area contributed by atoms with Crippen molar-refractivity contribution >= 4 is 5.97 Å². The maximum absolute atomic E-state index is 12.2. The number of aryl methyl sites for hydroxylation is 1. The molecule has 0 heterocycles. The SMILES string of the molecule is COC(=O)C(C)(CCCC(O)CO)c1cccc(C)c1. The molecule has 0 aliphatic carbocycles. The molecule has 0 aromatic heterocycles. The summed E-state index contributed by atoms with van der Waals surface area (Å²) in [4.78, 5) is 12.2. The van der Waals surface area contributed by atoms with Crippen LogP contribution in [0.25, 0.3) is 0 Å². The van der Waals surface area contributed by atoms with Gasteiger partial charge in [-0.1, -0.05) is 29.8 Å². The quantitative estimate of drug-likeness (QED) is 0.749. The van der Waals surface area contributed by atoms with E-state index < -0.39 is 11.5 Å². The van der Waals surface area contributed by atoms with Crippen molar-refractivity contribution < 1.29 is 19.7 Å². The molecule has 4 heteroatoms. The smallest absolute Gasteiger partial charge is 0.315 e. The molecule has 1 rings (SSSR count).